The number of hydrogen-bond acceptors (Lipinski definition) is 4. The first-order valence-electron chi connectivity index (χ1n) is 8.61. The Bertz CT molecular complexity index is 901. The Morgan fingerprint density at radius 3 is 2.50 bits per heavy atom. The van der Waals surface area contributed by atoms with Crippen LogP contribution in [0.25, 0.3) is 0 Å². The van der Waals surface area contributed by atoms with Crippen LogP contribution in [-0.4, -0.2) is 39.4 Å². The first-order chi connectivity index (χ1) is 13.3. The second-order valence-corrected chi connectivity index (χ2v) is 9.72. The Morgan fingerprint density at radius 1 is 1.21 bits per heavy atom. The van der Waals surface area contributed by atoms with E-state index >= 15 is 0 Å². The van der Waals surface area contributed by atoms with Gasteiger partial charge < -0.3 is 5.32 Å². The number of nitrogens with zero attached hydrogens (tertiary/aromatic N) is 1. The lowest BCUT2D eigenvalue weighted by molar-refractivity contribution is 0.0956. The summed E-state index contributed by atoms with van der Waals surface area (Å²) in [5, 5.41) is 3.18. The van der Waals surface area contributed by atoms with E-state index in [1.807, 2.05) is 0 Å². The molecule has 0 atom stereocenters. The molecule has 1 N–H and O–H groups in total. The maximum atomic E-state index is 13.7. The van der Waals surface area contributed by atoms with E-state index in [9.17, 15) is 17.6 Å². The van der Waals surface area contributed by atoms with Crippen molar-refractivity contribution in [2.75, 3.05) is 29.4 Å². The van der Waals surface area contributed by atoms with Crippen molar-refractivity contribution in [3.05, 3.63) is 64.4 Å². The summed E-state index contributed by atoms with van der Waals surface area (Å²) >= 11 is 7.45. The van der Waals surface area contributed by atoms with Crippen LogP contribution >= 0.6 is 23.4 Å². The molecule has 0 unspecified atom stereocenters. The predicted octanol–water partition coefficient (Wildman–Crippen LogP) is 3.93. The lowest BCUT2D eigenvalue weighted by atomic mass is 10.2. The Morgan fingerprint density at radius 2 is 1.89 bits per heavy atom. The maximum absolute atomic E-state index is 13.7. The van der Waals surface area contributed by atoms with Gasteiger partial charge in [-0.25, -0.2) is 12.8 Å². The van der Waals surface area contributed by atoms with Gasteiger partial charge in [-0.1, -0.05) is 17.7 Å². The van der Waals surface area contributed by atoms with Crippen molar-refractivity contribution in [1.82, 2.24) is 5.32 Å². The Kier molecular flexibility index (Phi) is 8.15. The van der Waals surface area contributed by atoms with Crippen molar-refractivity contribution in [3.63, 3.8) is 0 Å². The third kappa shape index (κ3) is 5.86. The minimum absolute atomic E-state index is 0.00149. The summed E-state index contributed by atoms with van der Waals surface area (Å²) in [6.07, 6.45) is 0. The van der Waals surface area contributed by atoms with Gasteiger partial charge in [0.2, 0.25) is 10.0 Å². The highest BCUT2D eigenvalue weighted by atomic mass is 35.5. The lowest BCUT2D eigenvalue weighted by Crippen LogP contribution is -2.28. The molecule has 0 spiro atoms. The highest BCUT2D eigenvalue weighted by molar-refractivity contribution is 7.98. The number of rotatable bonds is 9. The largest absolute Gasteiger partial charge is 0.351 e. The summed E-state index contributed by atoms with van der Waals surface area (Å²) in [7, 11) is -1.86. The van der Waals surface area contributed by atoms with Gasteiger partial charge in [0, 0.05) is 41.2 Å². The van der Waals surface area contributed by atoms with Gasteiger partial charge in [-0.3, -0.25) is 9.10 Å². The van der Waals surface area contributed by atoms with E-state index in [1.165, 1.54) is 29.2 Å². The van der Waals surface area contributed by atoms with Crippen molar-refractivity contribution < 1.29 is 17.6 Å². The summed E-state index contributed by atoms with van der Waals surface area (Å²) in [4.78, 5) is 12.2. The number of amides is 1. The first-order valence-corrected chi connectivity index (χ1v) is 11.8. The number of thioether (sulfide) groups is 1. The molecule has 0 bridgehead atoms. The molecule has 0 radical (unpaired) electrons. The number of carbonyl (C=O) groups excluding carboxylic acids is 1. The average molecular weight is 445 g/mol. The molecule has 0 heterocycles. The van der Waals surface area contributed by atoms with Crippen LogP contribution in [-0.2, 0) is 15.8 Å². The number of hydrogen-bond donors (Lipinski definition) is 1. The number of carbonyl (C=O) groups is 1. The van der Waals surface area contributed by atoms with E-state index < -0.39 is 10.0 Å². The number of anilines is 1. The minimum Gasteiger partial charge on any atom is -0.351 e. The number of nitrogens with one attached hydrogen (secondary N) is 1. The third-order valence-electron chi connectivity index (χ3n) is 4.12. The van der Waals surface area contributed by atoms with Crippen LogP contribution in [0.2, 0.25) is 5.02 Å². The van der Waals surface area contributed by atoms with Crippen molar-refractivity contribution in [1.29, 1.82) is 0 Å². The highest BCUT2D eigenvalue weighted by Gasteiger charge is 2.16. The predicted molar refractivity (Wildman–Crippen MR) is 114 cm³/mol. The highest BCUT2D eigenvalue weighted by Crippen LogP contribution is 2.23. The summed E-state index contributed by atoms with van der Waals surface area (Å²) in [5.41, 5.74) is 1.39. The summed E-state index contributed by atoms with van der Waals surface area (Å²) in [5.74, 6) is 0.443. The molecule has 5 nitrogen and oxygen atoms in total. The van der Waals surface area contributed by atoms with E-state index in [1.54, 1.807) is 43.3 Å². The Balaban J connectivity index is 1.82. The van der Waals surface area contributed by atoms with Gasteiger partial charge in [-0.15, -0.1) is 0 Å². The zero-order valence-corrected chi connectivity index (χ0v) is 18.0. The van der Waals surface area contributed by atoms with Crippen molar-refractivity contribution in [2.24, 2.45) is 0 Å². The van der Waals surface area contributed by atoms with Crippen LogP contribution in [0.4, 0.5) is 10.1 Å². The van der Waals surface area contributed by atoms with Crippen LogP contribution in [0.3, 0.4) is 0 Å². The molecule has 0 saturated carbocycles. The van der Waals surface area contributed by atoms with E-state index in [0.717, 1.165) is 0 Å². The van der Waals surface area contributed by atoms with Crippen LogP contribution in [0.1, 0.15) is 22.8 Å². The fourth-order valence-corrected chi connectivity index (χ4v) is 4.39. The number of benzene rings is 2. The van der Waals surface area contributed by atoms with E-state index in [-0.39, 0.29) is 17.5 Å². The van der Waals surface area contributed by atoms with Crippen LogP contribution in [0, 0.1) is 5.82 Å². The van der Waals surface area contributed by atoms with Gasteiger partial charge in [0.1, 0.15) is 5.82 Å². The molecule has 0 aliphatic rings. The molecule has 0 aromatic heterocycles. The van der Waals surface area contributed by atoms with Crippen LogP contribution in [0.5, 0.6) is 0 Å². The molecule has 1 amide bonds. The molecule has 152 valence electrons. The minimum atomic E-state index is -3.34. The second kappa shape index (κ2) is 10.1. The number of halogens is 2. The Labute approximate surface area is 174 Å². The normalized spacial score (nSPS) is 11.3. The van der Waals surface area contributed by atoms with Crippen LogP contribution < -0.4 is 9.62 Å². The monoisotopic (exact) mass is 444 g/mol. The van der Waals surface area contributed by atoms with Crippen LogP contribution in [0.15, 0.2) is 42.5 Å². The maximum Gasteiger partial charge on any atom is 0.251 e. The standard InChI is InChI=1S/C19H22ClFN2O3S2/c1-3-28(25,26)23(2)15-9-7-14(8-10-15)19(24)22-11-12-27-13-16-17(20)5-4-6-18(16)21/h4-10H,3,11-13H2,1-2H3,(H,22,24). The van der Waals surface area contributed by atoms with Gasteiger partial charge >= 0.3 is 0 Å². The summed E-state index contributed by atoms with van der Waals surface area (Å²) in [6, 6.07) is 10.9. The topological polar surface area (TPSA) is 66.5 Å². The fourth-order valence-electron chi connectivity index (χ4n) is 2.36. The summed E-state index contributed by atoms with van der Waals surface area (Å²) < 4.78 is 38.6. The first kappa shape index (κ1) is 22.5. The van der Waals surface area contributed by atoms with Gasteiger partial charge in [-0.2, -0.15) is 11.8 Å². The molecule has 0 fully saturated rings. The third-order valence-corrected chi connectivity index (χ3v) is 7.23. The van der Waals surface area contributed by atoms with E-state index in [4.69, 9.17) is 11.6 Å². The van der Waals surface area contributed by atoms with E-state index in [2.05, 4.69) is 5.32 Å². The molecular formula is C19H22ClFN2O3S2. The lowest BCUT2D eigenvalue weighted by Gasteiger charge is -2.18. The van der Waals surface area contributed by atoms with Crippen molar-refractivity contribution in [2.45, 2.75) is 12.7 Å². The van der Waals surface area contributed by atoms with Gasteiger partial charge in [0.25, 0.3) is 5.91 Å². The van der Waals surface area contributed by atoms with Gasteiger partial charge in [0.05, 0.1) is 11.4 Å². The van der Waals surface area contributed by atoms with Crippen molar-refractivity contribution >= 4 is 45.0 Å². The van der Waals surface area contributed by atoms with Gasteiger partial charge in [0.15, 0.2) is 0 Å². The molecule has 0 aliphatic heterocycles. The fraction of sp³-hybridized carbons (Fsp3) is 0.316. The van der Waals surface area contributed by atoms with E-state index in [0.29, 0.717) is 39.9 Å². The molecule has 2 rings (SSSR count). The molecule has 0 aliphatic carbocycles. The average Bonchev–Trinajstić information content (AvgIpc) is 2.69. The Hall–Kier alpha value is -1.77. The molecular weight excluding hydrogens is 423 g/mol. The smallest absolute Gasteiger partial charge is 0.251 e. The second-order valence-electron chi connectivity index (χ2n) is 5.92. The molecule has 2 aromatic carbocycles. The summed E-state index contributed by atoms with van der Waals surface area (Å²) in [6.45, 7) is 1.99. The van der Waals surface area contributed by atoms with Crippen molar-refractivity contribution in [3.8, 4) is 0 Å². The molecule has 9 heteroatoms. The molecule has 0 saturated heterocycles. The molecule has 28 heavy (non-hydrogen) atoms. The quantitative estimate of drug-likeness (QED) is 0.595. The SMILES string of the molecule is CCS(=O)(=O)N(C)c1ccc(C(=O)NCCSCc2c(F)cccc2Cl)cc1. The zero-order valence-electron chi connectivity index (χ0n) is 15.6. The zero-order chi connectivity index (χ0) is 20.7. The van der Waals surface area contributed by atoms with Gasteiger partial charge in [-0.05, 0) is 43.3 Å². The number of sulfonamides is 1. The molecule has 2 aromatic rings.